The Morgan fingerprint density at radius 3 is 2.21 bits per heavy atom. The van der Waals surface area contributed by atoms with E-state index in [0.717, 1.165) is 6.54 Å². The van der Waals surface area contributed by atoms with E-state index < -0.39 is 0 Å². The van der Waals surface area contributed by atoms with Crippen molar-refractivity contribution >= 4 is 0 Å². The van der Waals surface area contributed by atoms with Crippen LogP contribution in [0.15, 0.2) is 0 Å². The molecular formula is C12H28N2. The number of likely N-dealkylation sites (N-methyl/N-ethyl adjacent to an activating group) is 1. The van der Waals surface area contributed by atoms with Crippen LogP contribution in [0.1, 0.15) is 52.9 Å². The predicted molar refractivity (Wildman–Crippen MR) is 64.5 cm³/mol. The van der Waals surface area contributed by atoms with Crippen molar-refractivity contribution in [1.82, 2.24) is 4.90 Å². The molecule has 0 aromatic heterocycles. The molecule has 2 atom stereocenters. The molecule has 0 heterocycles. The summed E-state index contributed by atoms with van der Waals surface area (Å²) < 4.78 is 0. The van der Waals surface area contributed by atoms with Gasteiger partial charge in [-0.1, -0.05) is 33.1 Å². The van der Waals surface area contributed by atoms with Crippen molar-refractivity contribution in [2.75, 3.05) is 13.6 Å². The number of nitrogens with two attached hydrogens (primary N) is 1. The van der Waals surface area contributed by atoms with Gasteiger partial charge in [-0.15, -0.1) is 0 Å². The maximum absolute atomic E-state index is 5.81. The summed E-state index contributed by atoms with van der Waals surface area (Å²) in [6, 6.07) is 1.25. The Morgan fingerprint density at radius 2 is 1.79 bits per heavy atom. The molecule has 2 unspecified atom stereocenters. The monoisotopic (exact) mass is 200 g/mol. The molecule has 14 heavy (non-hydrogen) atoms. The van der Waals surface area contributed by atoms with Crippen LogP contribution in [-0.2, 0) is 0 Å². The van der Waals surface area contributed by atoms with Crippen LogP contribution < -0.4 is 5.73 Å². The average Bonchev–Trinajstić information content (AvgIpc) is 2.19. The number of hydrogen-bond acceptors (Lipinski definition) is 2. The van der Waals surface area contributed by atoms with Crippen LogP contribution in [0.4, 0.5) is 0 Å². The van der Waals surface area contributed by atoms with Gasteiger partial charge in [0.05, 0.1) is 0 Å². The van der Waals surface area contributed by atoms with Crippen molar-refractivity contribution in [3.05, 3.63) is 0 Å². The Balaban J connectivity index is 3.94. The molecule has 0 aromatic rings. The van der Waals surface area contributed by atoms with Crippen molar-refractivity contribution in [2.24, 2.45) is 5.73 Å². The van der Waals surface area contributed by atoms with E-state index in [2.05, 4.69) is 32.7 Å². The summed E-state index contributed by atoms with van der Waals surface area (Å²) in [5.41, 5.74) is 5.81. The van der Waals surface area contributed by atoms with E-state index in [9.17, 15) is 0 Å². The summed E-state index contributed by atoms with van der Waals surface area (Å²) in [7, 11) is 2.22. The summed E-state index contributed by atoms with van der Waals surface area (Å²) in [5.74, 6) is 0. The minimum absolute atomic E-state index is 0.580. The number of nitrogens with zero attached hydrogens (tertiary/aromatic N) is 1. The van der Waals surface area contributed by atoms with Crippen LogP contribution in [0.5, 0.6) is 0 Å². The minimum atomic E-state index is 0.580. The third-order valence-electron chi connectivity index (χ3n) is 3.14. The molecule has 0 aromatic carbocycles. The molecule has 0 fully saturated rings. The van der Waals surface area contributed by atoms with Crippen LogP contribution in [0.3, 0.4) is 0 Å². The zero-order valence-corrected chi connectivity index (χ0v) is 10.4. The van der Waals surface area contributed by atoms with Crippen molar-refractivity contribution < 1.29 is 0 Å². The van der Waals surface area contributed by atoms with E-state index in [1.54, 1.807) is 0 Å². The molecule has 2 N–H and O–H groups in total. The maximum atomic E-state index is 5.81. The van der Waals surface area contributed by atoms with Gasteiger partial charge in [-0.25, -0.2) is 0 Å². The third kappa shape index (κ3) is 4.97. The number of rotatable bonds is 8. The maximum Gasteiger partial charge on any atom is 0.0218 e. The van der Waals surface area contributed by atoms with Crippen molar-refractivity contribution in [3.63, 3.8) is 0 Å². The summed E-state index contributed by atoms with van der Waals surface area (Å²) in [6.45, 7) is 7.58. The Morgan fingerprint density at radius 1 is 1.14 bits per heavy atom. The average molecular weight is 200 g/mol. The highest BCUT2D eigenvalue weighted by Crippen LogP contribution is 2.12. The first-order chi connectivity index (χ1) is 6.67. The number of unbranched alkanes of at least 4 members (excludes halogenated alkanes) is 1. The van der Waals surface area contributed by atoms with Crippen LogP contribution in [0.2, 0.25) is 0 Å². The molecule has 0 amide bonds. The molecular weight excluding hydrogens is 172 g/mol. The quantitative estimate of drug-likeness (QED) is 0.652. The van der Waals surface area contributed by atoms with E-state index in [-0.39, 0.29) is 0 Å². The van der Waals surface area contributed by atoms with Gasteiger partial charge in [0.15, 0.2) is 0 Å². The summed E-state index contributed by atoms with van der Waals surface area (Å²) in [5, 5.41) is 0. The topological polar surface area (TPSA) is 29.3 Å². The van der Waals surface area contributed by atoms with Gasteiger partial charge < -0.3 is 5.73 Å². The first-order valence-corrected chi connectivity index (χ1v) is 6.09. The molecule has 0 rings (SSSR count). The summed E-state index contributed by atoms with van der Waals surface area (Å²) in [4.78, 5) is 2.46. The van der Waals surface area contributed by atoms with Gasteiger partial charge in [-0.3, -0.25) is 4.90 Å². The SMILES string of the molecule is CCCCC(CN)N(C)C(C)CCC. The molecule has 0 radical (unpaired) electrons. The second-order valence-electron chi connectivity index (χ2n) is 4.33. The smallest absolute Gasteiger partial charge is 0.0218 e. The lowest BCUT2D eigenvalue weighted by Crippen LogP contribution is -2.43. The van der Waals surface area contributed by atoms with Gasteiger partial charge in [-0.2, -0.15) is 0 Å². The molecule has 0 aliphatic rings. The van der Waals surface area contributed by atoms with Crippen molar-refractivity contribution in [1.29, 1.82) is 0 Å². The van der Waals surface area contributed by atoms with Gasteiger partial charge >= 0.3 is 0 Å². The highest BCUT2D eigenvalue weighted by Gasteiger charge is 2.16. The summed E-state index contributed by atoms with van der Waals surface area (Å²) in [6.07, 6.45) is 6.35. The van der Waals surface area contributed by atoms with Crippen LogP contribution >= 0.6 is 0 Å². The molecule has 0 aliphatic carbocycles. The molecule has 0 saturated heterocycles. The minimum Gasteiger partial charge on any atom is -0.329 e. The van der Waals surface area contributed by atoms with Crippen LogP contribution in [0, 0.1) is 0 Å². The van der Waals surface area contributed by atoms with Gasteiger partial charge in [0.2, 0.25) is 0 Å². The van der Waals surface area contributed by atoms with E-state index in [1.807, 2.05) is 0 Å². The third-order valence-corrected chi connectivity index (χ3v) is 3.14. The second-order valence-corrected chi connectivity index (χ2v) is 4.33. The molecule has 86 valence electrons. The zero-order valence-electron chi connectivity index (χ0n) is 10.4. The Bertz CT molecular complexity index is 125. The lowest BCUT2D eigenvalue weighted by molar-refractivity contribution is 0.168. The first kappa shape index (κ1) is 13.9. The standard InChI is InChI=1S/C12H28N2/c1-5-7-9-12(10-13)14(4)11(3)8-6-2/h11-12H,5-10,13H2,1-4H3. The van der Waals surface area contributed by atoms with E-state index in [4.69, 9.17) is 5.73 Å². The zero-order chi connectivity index (χ0) is 11.0. The Hall–Kier alpha value is -0.0800. The Labute approximate surface area is 89.9 Å². The molecule has 0 spiro atoms. The fraction of sp³-hybridized carbons (Fsp3) is 1.00. The van der Waals surface area contributed by atoms with Crippen molar-refractivity contribution in [2.45, 2.75) is 65.0 Å². The van der Waals surface area contributed by atoms with Crippen LogP contribution in [-0.4, -0.2) is 30.6 Å². The highest BCUT2D eigenvalue weighted by atomic mass is 15.2. The molecule has 0 aliphatic heterocycles. The fourth-order valence-corrected chi connectivity index (χ4v) is 1.91. The van der Waals surface area contributed by atoms with E-state index in [0.29, 0.717) is 12.1 Å². The highest BCUT2D eigenvalue weighted by molar-refractivity contribution is 4.74. The van der Waals surface area contributed by atoms with Crippen molar-refractivity contribution in [3.8, 4) is 0 Å². The Kier molecular flexibility index (Phi) is 8.20. The first-order valence-electron chi connectivity index (χ1n) is 6.09. The van der Waals surface area contributed by atoms with Gasteiger partial charge in [0.1, 0.15) is 0 Å². The predicted octanol–water partition coefficient (Wildman–Crippen LogP) is 2.62. The van der Waals surface area contributed by atoms with E-state index >= 15 is 0 Å². The van der Waals surface area contributed by atoms with Gasteiger partial charge in [0, 0.05) is 18.6 Å². The van der Waals surface area contributed by atoms with E-state index in [1.165, 1.54) is 32.1 Å². The molecule has 0 saturated carbocycles. The molecule has 0 bridgehead atoms. The van der Waals surface area contributed by atoms with Gasteiger partial charge in [0.25, 0.3) is 0 Å². The fourth-order valence-electron chi connectivity index (χ4n) is 1.91. The lowest BCUT2D eigenvalue weighted by Gasteiger charge is -2.32. The number of hydrogen-bond donors (Lipinski definition) is 1. The van der Waals surface area contributed by atoms with Crippen LogP contribution in [0.25, 0.3) is 0 Å². The van der Waals surface area contributed by atoms with Gasteiger partial charge in [-0.05, 0) is 26.8 Å². The lowest BCUT2D eigenvalue weighted by atomic mass is 10.1. The molecule has 2 heteroatoms. The normalized spacial score (nSPS) is 15.9. The summed E-state index contributed by atoms with van der Waals surface area (Å²) >= 11 is 0. The second kappa shape index (κ2) is 8.25. The molecule has 2 nitrogen and oxygen atoms in total. The largest absolute Gasteiger partial charge is 0.329 e.